The molecule has 0 fully saturated rings. The van der Waals surface area contributed by atoms with Gasteiger partial charge in [-0.3, -0.25) is 0 Å². The van der Waals surface area contributed by atoms with Crippen LogP contribution in [0.2, 0.25) is 0 Å². The van der Waals surface area contributed by atoms with E-state index in [1.165, 1.54) is 0 Å². The summed E-state index contributed by atoms with van der Waals surface area (Å²) < 4.78 is 49.4. The molecule has 1 aromatic heterocycles. The molecule has 0 radical (unpaired) electrons. The van der Waals surface area contributed by atoms with E-state index in [2.05, 4.69) is 4.98 Å². The van der Waals surface area contributed by atoms with Crippen LogP contribution in [-0.2, 0) is 5.88 Å². The molecule has 1 nitrogen and oxygen atoms in total. The van der Waals surface area contributed by atoms with Crippen molar-refractivity contribution in [3.05, 3.63) is 29.1 Å². The summed E-state index contributed by atoms with van der Waals surface area (Å²) in [6.45, 7) is 0. The van der Waals surface area contributed by atoms with Gasteiger partial charge in [0, 0.05) is 11.6 Å². The van der Waals surface area contributed by atoms with Gasteiger partial charge in [-0.2, -0.15) is 4.39 Å². The van der Waals surface area contributed by atoms with E-state index >= 15 is 0 Å². The van der Waals surface area contributed by atoms with E-state index in [0.717, 1.165) is 0 Å². The van der Waals surface area contributed by atoms with Crippen LogP contribution in [0.5, 0.6) is 0 Å². The van der Waals surface area contributed by atoms with E-state index in [1.807, 2.05) is 0 Å². The number of pyridine rings is 1. The number of hydrogen-bond donors (Lipinski definition) is 0. The lowest BCUT2D eigenvalue weighted by molar-refractivity contribution is 0.143. The van der Waals surface area contributed by atoms with Crippen LogP contribution in [0.25, 0.3) is 0 Å². The highest BCUT2D eigenvalue weighted by Crippen LogP contribution is 2.24. The first-order valence-corrected chi connectivity index (χ1v) is 3.78. The Morgan fingerprint density at radius 2 is 2.00 bits per heavy atom. The predicted molar refractivity (Wildman–Crippen MR) is 38.7 cm³/mol. The molecule has 0 amide bonds. The lowest BCUT2D eigenvalue weighted by Gasteiger charge is -2.05. The van der Waals surface area contributed by atoms with Crippen LogP contribution >= 0.6 is 11.6 Å². The average molecular weight is 214 g/mol. The largest absolute Gasteiger partial charge is 0.280 e. The molecule has 0 saturated carbocycles. The number of nitrogens with zero attached hydrogens (tertiary/aromatic N) is 1. The van der Waals surface area contributed by atoms with Gasteiger partial charge in [-0.25, -0.2) is 18.2 Å². The number of aromatic nitrogens is 1. The molecule has 0 unspecified atom stereocenters. The summed E-state index contributed by atoms with van der Waals surface area (Å²) in [6.07, 6.45) is -3.03. The van der Waals surface area contributed by atoms with Crippen LogP contribution in [0, 0.1) is 11.8 Å². The maximum absolute atomic E-state index is 12.8. The van der Waals surface area contributed by atoms with E-state index in [4.69, 9.17) is 11.6 Å². The molecule has 0 bridgehead atoms. The highest BCUT2D eigenvalue weighted by molar-refractivity contribution is 6.17. The molecule has 0 aromatic carbocycles. The highest BCUT2D eigenvalue weighted by Gasteiger charge is 2.19. The Bertz CT molecular complexity index is 316. The van der Waals surface area contributed by atoms with Crippen molar-refractivity contribution in [2.24, 2.45) is 0 Å². The Kier molecular flexibility index (Phi) is 3.08. The third-order valence-electron chi connectivity index (χ3n) is 1.41. The molecule has 0 saturated heterocycles. The quantitative estimate of drug-likeness (QED) is 0.418. The van der Waals surface area contributed by atoms with Crippen LogP contribution in [-0.4, -0.2) is 4.98 Å². The second kappa shape index (κ2) is 3.91. The second-order valence-electron chi connectivity index (χ2n) is 2.22. The van der Waals surface area contributed by atoms with Gasteiger partial charge in [0.15, 0.2) is 0 Å². The molecule has 1 rings (SSSR count). The Morgan fingerprint density at radius 3 is 2.46 bits per heavy atom. The van der Waals surface area contributed by atoms with Crippen molar-refractivity contribution >= 4 is 11.6 Å². The third-order valence-corrected chi connectivity index (χ3v) is 1.68. The molecule has 0 aliphatic heterocycles. The minimum Gasteiger partial charge on any atom is -0.218 e. The zero-order valence-corrected chi connectivity index (χ0v) is 6.95. The SMILES string of the molecule is Fc1cc(F)c(CCl)c(C(F)F)n1. The van der Waals surface area contributed by atoms with Crippen molar-refractivity contribution in [3.8, 4) is 0 Å². The standard InChI is InChI=1S/C7H4ClF4N/c8-2-3-4(9)1-5(10)13-6(3)7(11)12/h1,7H,2H2. The Morgan fingerprint density at radius 1 is 1.38 bits per heavy atom. The summed E-state index contributed by atoms with van der Waals surface area (Å²) in [4.78, 5) is 2.86. The zero-order valence-electron chi connectivity index (χ0n) is 6.20. The molecular formula is C7H4ClF4N. The monoisotopic (exact) mass is 213 g/mol. The van der Waals surface area contributed by atoms with E-state index in [-0.39, 0.29) is 0 Å². The van der Waals surface area contributed by atoms with Gasteiger partial charge in [0.2, 0.25) is 5.95 Å². The summed E-state index contributed by atoms with van der Waals surface area (Å²) >= 11 is 5.20. The molecule has 72 valence electrons. The molecule has 0 aliphatic carbocycles. The fourth-order valence-electron chi connectivity index (χ4n) is 0.842. The molecule has 0 atom stereocenters. The van der Waals surface area contributed by atoms with Crippen LogP contribution < -0.4 is 0 Å². The molecule has 13 heavy (non-hydrogen) atoms. The summed E-state index contributed by atoms with van der Waals surface area (Å²) in [5.41, 5.74) is -1.40. The molecule has 6 heteroatoms. The molecule has 1 aromatic rings. The fourth-order valence-corrected chi connectivity index (χ4v) is 1.11. The predicted octanol–water partition coefficient (Wildman–Crippen LogP) is 3.04. The first-order chi connectivity index (χ1) is 6.06. The summed E-state index contributed by atoms with van der Waals surface area (Å²) in [5.74, 6) is -2.84. The van der Waals surface area contributed by atoms with Gasteiger partial charge in [0.05, 0.1) is 5.88 Å². The molecular weight excluding hydrogens is 210 g/mol. The minimum atomic E-state index is -3.03. The first kappa shape index (κ1) is 10.2. The van der Waals surface area contributed by atoms with Crippen LogP contribution in [0.15, 0.2) is 6.07 Å². The Hall–Kier alpha value is -0.840. The maximum atomic E-state index is 12.8. The minimum absolute atomic E-state index is 0.420. The van der Waals surface area contributed by atoms with Crippen molar-refractivity contribution in [2.75, 3.05) is 0 Å². The van der Waals surface area contributed by atoms with Gasteiger partial charge in [-0.1, -0.05) is 0 Å². The Labute approximate surface area is 76.3 Å². The third kappa shape index (κ3) is 2.09. The van der Waals surface area contributed by atoms with E-state index < -0.39 is 35.3 Å². The van der Waals surface area contributed by atoms with E-state index in [0.29, 0.717) is 6.07 Å². The molecule has 0 spiro atoms. The topological polar surface area (TPSA) is 12.9 Å². The number of alkyl halides is 3. The van der Waals surface area contributed by atoms with Gasteiger partial charge >= 0.3 is 0 Å². The normalized spacial score (nSPS) is 10.9. The Balaban J connectivity index is 3.29. The second-order valence-corrected chi connectivity index (χ2v) is 2.49. The van der Waals surface area contributed by atoms with Crippen molar-refractivity contribution in [3.63, 3.8) is 0 Å². The van der Waals surface area contributed by atoms with Crippen molar-refractivity contribution in [2.45, 2.75) is 12.3 Å². The summed E-state index contributed by atoms with van der Waals surface area (Å²) in [7, 11) is 0. The first-order valence-electron chi connectivity index (χ1n) is 3.25. The van der Waals surface area contributed by atoms with Crippen LogP contribution in [0.4, 0.5) is 17.6 Å². The highest BCUT2D eigenvalue weighted by atomic mass is 35.5. The number of hydrogen-bond acceptors (Lipinski definition) is 1. The molecule has 0 N–H and O–H groups in total. The van der Waals surface area contributed by atoms with Gasteiger partial charge in [0.25, 0.3) is 6.43 Å². The maximum Gasteiger partial charge on any atom is 0.280 e. The number of halogens is 5. The van der Waals surface area contributed by atoms with Crippen molar-refractivity contribution < 1.29 is 17.6 Å². The molecule has 1 heterocycles. The lowest BCUT2D eigenvalue weighted by Crippen LogP contribution is -2.02. The van der Waals surface area contributed by atoms with E-state index in [1.54, 1.807) is 0 Å². The van der Waals surface area contributed by atoms with Gasteiger partial charge in [-0.05, 0) is 0 Å². The zero-order chi connectivity index (χ0) is 10.0. The fraction of sp³-hybridized carbons (Fsp3) is 0.286. The summed E-state index contributed by atoms with van der Waals surface area (Å²) in [5, 5.41) is 0. The van der Waals surface area contributed by atoms with E-state index in [9.17, 15) is 17.6 Å². The number of rotatable bonds is 2. The van der Waals surface area contributed by atoms with Gasteiger partial charge in [0.1, 0.15) is 11.5 Å². The lowest BCUT2D eigenvalue weighted by atomic mass is 10.2. The van der Waals surface area contributed by atoms with Crippen LogP contribution in [0.3, 0.4) is 0 Å². The van der Waals surface area contributed by atoms with Crippen molar-refractivity contribution in [1.82, 2.24) is 4.98 Å². The average Bonchev–Trinajstić information content (AvgIpc) is 2.02. The smallest absolute Gasteiger partial charge is 0.218 e. The molecule has 0 aliphatic rings. The van der Waals surface area contributed by atoms with Gasteiger partial charge in [-0.15, -0.1) is 11.6 Å². The summed E-state index contributed by atoms with van der Waals surface area (Å²) in [6, 6.07) is 0.420. The van der Waals surface area contributed by atoms with Crippen molar-refractivity contribution in [1.29, 1.82) is 0 Å². The van der Waals surface area contributed by atoms with Gasteiger partial charge < -0.3 is 0 Å². The van der Waals surface area contributed by atoms with Crippen LogP contribution in [0.1, 0.15) is 17.7 Å².